The molecule has 0 saturated carbocycles. The molecule has 23 heavy (non-hydrogen) atoms. The van der Waals surface area contributed by atoms with E-state index in [0.29, 0.717) is 12.4 Å². The Morgan fingerprint density at radius 1 is 1.30 bits per heavy atom. The number of nitrogens with zero attached hydrogens (tertiary/aromatic N) is 3. The summed E-state index contributed by atoms with van der Waals surface area (Å²) in [6.07, 6.45) is 5.75. The fraction of sp³-hybridized carbons (Fsp3) is 0.250. The number of imidazole rings is 1. The Hall–Kier alpha value is -2.80. The van der Waals surface area contributed by atoms with E-state index < -0.39 is 0 Å². The number of carbonyl (C=O) groups excluding carboxylic acids is 1. The molecule has 1 atom stereocenters. The summed E-state index contributed by atoms with van der Waals surface area (Å²) < 4.78 is 0. The van der Waals surface area contributed by atoms with Gasteiger partial charge in [0.1, 0.15) is 0 Å². The molecule has 2 heterocycles. The van der Waals surface area contributed by atoms with Crippen LogP contribution in [0.4, 0.5) is 5.95 Å². The molecule has 3 aromatic rings. The van der Waals surface area contributed by atoms with Crippen molar-refractivity contribution in [2.45, 2.75) is 19.4 Å². The number of para-hydroxylation sites is 2. The molecule has 0 bridgehead atoms. The molecule has 1 amide bonds. The number of H-pyrrole nitrogens is 1. The Labute approximate surface area is 133 Å². The maximum Gasteiger partial charge on any atom is 0.240 e. The van der Waals surface area contributed by atoms with Crippen LogP contribution in [0.2, 0.25) is 0 Å². The van der Waals surface area contributed by atoms with Crippen LogP contribution in [0.3, 0.4) is 0 Å². The smallest absolute Gasteiger partial charge is 0.240 e. The zero-order chi connectivity index (χ0) is 16.1. The van der Waals surface area contributed by atoms with Crippen molar-refractivity contribution < 1.29 is 4.79 Å². The minimum atomic E-state index is -0.143. The maximum absolute atomic E-state index is 12.0. The van der Waals surface area contributed by atoms with Crippen LogP contribution in [0.1, 0.15) is 12.6 Å². The number of anilines is 1. The van der Waals surface area contributed by atoms with Crippen LogP contribution < -0.4 is 10.6 Å². The predicted octanol–water partition coefficient (Wildman–Crippen LogP) is 1.51. The summed E-state index contributed by atoms with van der Waals surface area (Å²) in [6.45, 7) is 2.21. The van der Waals surface area contributed by atoms with Gasteiger partial charge in [0.05, 0.1) is 23.3 Å². The fourth-order valence-corrected chi connectivity index (χ4v) is 2.28. The first kappa shape index (κ1) is 15.1. The van der Waals surface area contributed by atoms with Crippen LogP contribution in [-0.4, -0.2) is 38.4 Å². The second kappa shape index (κ2) is 6.97. The van der Waals surface area contributed by atoms with Crippen molar-refractivity contribution in [2.75, 3.05) is 11.9 Å². The highest BCUT2D eigenvalue weighted by atomic mass is 16.2. The van der Waals surface area contributed by atoms with Crippen LogP contribution in [0, 0.1) is 0 Å². The quantitative estimate of drug-likeness (QED) is 0.641. The predicted molar refractivity (Wildman–Crippen MR) is 87.9 cm³/mol. The van der Waals surface area contributed by atoms with Crippen LogP contribution >= 0.6 is 0 Å². The molecule has 2 aromatic heterocycles. The van der Waals surface area contributed by atoms with E-state index in [4.69, 9.17) is 0 Å². The summed E-state index contributed by atoms with van der Waals surface area (Å²) >= 11 is 0. The number of carbonyl (C=O) groups is 1. The Morgan fingerprint density at radius 3 is 2.96 bits per heavy atom. The van der Waals surface area contributed by atoms with Gasteiger partial charge >= 0.3 is 0 Å². The lowest BCUT2D eigenvalue weighted by atomic mass is 10.2. The number of hydrogen-bond donors (Lipinski definition) is 3. The van der Waals surface area contributed by atoms with Crippen LogP contribution in [-0.2, 0) is 11.2 Å². The van der Waals surface area contributed by atoms with Gasteiger partial charge in [0, 0.05) is 31.1 Å². The third-order valence-electron chi connectivity index (χ3n) is 3.39. The first-order valence-electron chi connectivity index (χ1n) is 7.43. The molecule has 0 spiro atoms. The summed E-state index contributed by atoms with van der Waals surface area (Å²) in [5.74, 6) is 0.314. The van der Waals surface area contributed by atoms with Crippen molar-refractivity contribution in [3.63, 3.8) is 0 Å². The van der Waals surface area contributed by atoms with Crippen LogP contribution in [0.5, 0.6) is 0 Å². The Morgan fingerprint density at radius 2 is 2.17 bits per heavy atom. The van der Waals surface area contributed by atoms with Crippen molar-refractivity contribution >= 4 is 22.9 Å². The van der Waals surface area contributed by atoms with Crippen molar-refractivity contribution in [1.29, 1.82) is 0 Å². The zero-order valence-electron chi connectivity index (χ0n) is 12.8. The third-order valence-corrected chi connectivity index (χ3v) is 3.39. The van der Waals surface area contributed by atoms with Crippen molar-refractivity contribution in [2.24, 2.45) is 0 Å². The molecule has 0 radical (unpaired) electrons. The zero-order valence-corrected chi connectivity index (χ0v) is 12.8. The monoisotopic (exact) mass is 310 g/mol. The number of aromatic nitrogens is 4. The van der Waals surface area contributed by atoms with Gasteiger partial charge in [-0.15, -0.1) is 0 Å². The minimum Gasteiger partial charge on any atom is -0.324 e. The molecule has 0 aliphatic rings. The van der Waals surface area contributed by atoms with Crippen LogP contribution in [0.25, 0.3) is 11.0 Å². The highest BCUT2D eigenvalue weighted by molar-refractivity contribution is 5.92. The molecular weight excluding hydrogens is 292 g/mol. The summed E-state index contributed by atoms with van der Waals surface area (Å²) in [5, 5.41) is 5.92. The Kier molecular flexibility index (Phi) is 4.58. The second-order valence-corrected chi connectivity index (χ2v) is 5.33. The molecular formula is C16H18N6O. The Bertz CT molecular complexity index is 752. The van der Waals surface area contributed by atoms with E-state index in [1.54, 1.807) is 18.6 Å². The maximum atomic E-state index is 12.0. The van der Waals surface area contributed by atoms with Gasteiger partial charge in [-0.2, -0.15) is 0 Å². The SMILES string of the molecule is C[C@@H](Cc1cnccn1)NCC(=O)Nc1nc2ccccc2[nH]1. The van der Waals surface area contributed by atoms with E-state index >= 15 is 0 Å². The standard InChI is InChI=1S/C16H18N6O/c1-11(8-12-9-17-6-7-18-12)19-10-15(23)22-16-20-13-4-2-3-5-14(13)21-16/h2-7,9,11,19H,8,10H2,1H3,(H2,20,21,22,23)/t11-/m0/s1. The lowest BCUT2D eigenvalue weighted by Crippen LogP contribution is -2.35. The van der Waals surface area contributed by atoms with Gasteiger partial charge in [-0.05, 0) is 19.1 Å². The minimum absolute atomic E-state index is 0.119. The normalized spacial score (nSPS) is 12.2. The summed E-state index contributed by atoms with van der Waals surface area (Å²) in [6, 6.07) is 7.75. The number of amides is 1. The van der Waals surface area contributed by atoms with Gasteiger partial charge in [-0.1, -0.05) is 12.1 Å². The first-order chi connectivity index (χ1) is 11.2. The van der Waals surface area contributed by atoms with E-state index in [1.165, 1.54) is 0 Å². The third kappa shape index (κ3) is 4.10. The molecule has 3 rings (SSSR count). The average molecular weight is 310 g/mol. The fourth-order valence-electron chi connectivity index (χ4n) is 2.28. The van der Waals surface area contributed by atoms with Crippen molar-refractivity contribution in [3.05, 3.63) is 48.5 Å². The van der Waals surface area contributed by atoms with E-state index in [2.05, 4.69) is 30.6 Å². The number of hydrogen-bond acceptors (Lipinski definition) is 5. The number of benzene rings is 1. The summed E-state index contributed by atoms with van der Waals surface area (Å²) in [7, 11) is 0. The molecule has 0 unspecified atom stereocenters. The van der Waals surface area contributed by atoms with E-state index in [-0.39, 0.29) is 18.5 Å². The van der Waals surface area contributed by atoms with Gasteiger partial charge in [-0.3, -0.25) is 20.1 Å². The number of nitrogens with one attached hydrogen (secondary N) is 3. The highest BCUT2D eigenvalue weighted by Gasteiger charge is 2.09. The number of fused-ring (bicyclic) bond motifs is 1. The van der Waals surface area contributed by atoms with Gasteiger partial charge < -0.3 is 10.3 Å². The number of rotatable bonds is 6. The molecule has 0 saturated heterocycles. The molecule has 118 valence electrons. The molecule has 0 aliphatic carbocycles. The molecule has 1 aromatic carbocycles. The molecule has 0 aliphatic heterocycles. The second-order valence-electron chi connectivity index (χ2n) is 5.33. The van der Waals surface area contributed by atoms with Crippen molar-refractivity contribution in [1.82, 2.24) is 25.3 Å². The van der Waals surface area contributed by atoms with Gasteiger partial charge in [0.25, 0.3) is 0 Å². The van der Waals surface area contributed by atoms with Gasteiger partial charge in [0.15, 0.2) is 0 Å². The summed E-state index contributed by atoms with van der Waals surface area (Å²) in [4.78, 5) is 27.6. The van der Waals surface area contributed by atoms with E-state index in [1.807, 2.05) is 31.2 Å². The van der Waals surface area contributed by atoms with Gasteiger partial charge in [0.2, 0.25) is 11.9 Å². The lowest BCUT2D eigenvalue weighted by Gasteiger charge is -2.12. The Balaban J connectivity index is 1.49. The molecule has 0 fully saturated rings. The topological polar surface area (TPSA) is 95.6 Å². The average Bonchev–Trinajstić information content (AvgIpc) is 2.96. The lowest BCUT2D eigenvalue weighted by molar-refractivity contribution is -0.115. The highest BCUT2D eigenvalue weighted by Crippen LogP contribution is 2.12. The van der Waals surface area contributed by atoms with Gasteiger partial charge in [-0.25, -0.2) is 4.98 Å². The molecule has 3 N–H and O–H groups in total. The van der Waals surface area contributed by atoms with Crippen LogP contribution in [0.15, 0.2) is 42.9 Å². The molecule has 7 heteroatoms. The summed E-state index contributed by atoms with van der Waals surface area (Å²) in [5.41, 5.74) is 2.61. The van der Waals surface area contributed by atoms with Crippen molar-refractivity contribution in [3.8, 4) is 0 Å². The largest absolute Gasteiger partial charge is 0.324 e. The number of aromatic amines is 1. The first-order valence-corrected chi connectivity index (χ1v) is 7.43. The van der Waals surface area contributed by atoms with E-state index in [9.17, 15) is 4.79 Å². The van der Waals surface area contributed by atoms with E-state index in [0.717, 1.165) is 16.7 Å². The molecule has 7 nitrogen and oxygen atoms in total.